The topological polar surface area (TPSA) is 76.8 Å². The molecule has 3 aromatic rings. The van der Waals surface area contributed by atoms with Gasteiger partial charge in [-0.25, -0.2) is 0 Å². The summed E-state index contributed by atoms with van der Waals surface area (Å²) in [5.41, 5.74) is 4.32. The number of anilines is 1. The predicted octanol–water partition coefficient (Wildman–Crippen LogP) is 4.45. The molecule has 0 heterocycles. The summed E-state index contributed by atoms with van der Waals surface area (Å²) in [7, 11) is 0. The van der Waals surface area contributed by atoms with Crippen molar-refractivity contribution in [2.24, 2.45) is 5.10 Å². The van der Waals surface area contributed by atoms with Gasteiger partial charge < -0.3 is 4.74 Å². The molecule has 6 nitrogen and oxygen atoms in total. The van der Waals surface area contributed by atoms with Crippen LogP contribution in [0.1, 0.15) is 5.56 Å². The summed E-state index contributed by atoms with van der Waals surface area (Å²) in [6, 6.07) is 24.8. The maximum absolute atomic E-state index is 10.7. The molecule has 0 saturated heterocycles. The van der Waals surface area contributed by atoms with Crippen molar-refractivity contribution in [2.75, 3.05) is 5.43 Å². The van der Waals surface area contributed by atoms with E-state index in [4.69, 9.17) is 4.74 Å². The minimum Gasteiger partial charge on any atom is -0.437 e. The van der Waals surface area contributed by atoms with Crippen molar-refractivity contribution in [1.29, 1.82) is 0 Å². The molecule has 0 saturated carbocycles. The molecule has 124 valence electrons. The first-order valence-corrected chi connectivity index (χ1v) is 7.59. The number of benzene rings is 3. The van der Waals surface area contributed by atoms with Gasteiger partial charge in [-0.2, -0.15) is 0 Å². The lowest BCUT2D eigenvalue weighted by molar-refractivity contribution is -0.384. The Morgan fingerprint density at radius 2 is 1.48 bits per heavy atom. The summed E-state index contributed by atoms with van der Waals surface area (Å²) < 4.78 is 5.86. The number of hydrazone groups is 1. The Hall–Kier alpha value is -3.67. The van der Waals surface area contributed by atoms with Gasteiger partial charge in [-0.05, 0) is 36.4 Å². The van der Waals surface area contributed by atoms with Gasteiger partial charge in [-0.3, -0.25) is 15.5 Å². The van der Waals surface area contributed by atoms with Gasteiger partial charge in [-0.1, -0.05) is 36.4 Å². The summed E-state index contributed by atoms with van der Waals surface area (Å²) in [5, 5.41) is 15.0. The van der Waals surface area contributed by atoms with E-state index in [-0.39, 0.29) is 5.69 Å². The van der Waals surface area contributed by atoms with Gasteiger partial charge in [0.15, 0.2) is 0 Å². The number of hydrogen-bond acceptors (Lipinski definition) is 5. The average molecular weight is 333 g/mol. The van der Waals surface area contributed by atoms with Crippen molar-refractivity contribution in [3.05, 3.63) is 101 Å². The number of para-hydroxylation sites is 1. The minimum atomic E-state index is -0.443. The Morgan fingerprint density at radius 3 is 2.08 bits per heavy atom. The van der Waals surface area contributed by atoms with Crippen LogP contribution in [0, 0.1) is 10.1 Å². The number of ether oxygens (including phenoxy) is 1. The van der Waals surface area contributed by atoms with Crippen LogP contribution in [0.5, 0.6) is 5.75 Å². The van der Waals surface area contributed by atoms with E-state index in [2.05, 4.69) is 10.5 Å². The Bertz CT molecular complexity index is 863. The normalized spacial score (nSPS) is 11.0. The summed E-state index contributed by atoms with van der Waals surface area (Å²) in [4.78, 5) is 10.3. The second kappa shape index (κ2) is 7.74. The SMILES string of the molecule is O=[N+]([O-])c1ccc(N/N=C(\Oc2ccccc2)c2ccccc2)cc1. The van der Waals surface area contributed by atoms with E-state index in [0.29, 0.717) is 17.3 Å². The number of nitro groups is 1. The molecule has 0 aromatic heterocycles. The summed E-state index contributed by atoms with van der Waals surface area (Å²) in [6.07, 6.45) is 0. The van der Waals surface area contributed by atoms with E-state index in [0.717, 1.165) is 5.56 Å². The van der Waals surface area contributed by atoms with E-state index in [1.54, 1.807) is 12.1 Å². The van der Waals surface area contributed by atoms with Crippen molar-refractivity contribution in [1.82, 2.24) is 0 Å². The fourth-order valence-corrected chi connectivity index (χ4v) is 2.10. The molecule has 25 heavy (non-hydrogen) atoms. The van der Waals surface area contributed by atoms with Crippen LogP contribution in [0.4, 0.5) is 11.4 Å². The van der Waals surface area contributed by atoms with E-state index in [1.807, 2.05) is 60.7 Å². The highest BCUT2D eigenvalue weighted by Crippen LogP contribution is 2.17. The van der Waals surface area contributed by atoms with Gasteiger partial charge in [0.05, 0.1) is 10.6 Å². The van der Waals surface area contributed by atoms with E-state index in [1.165, 1.54) is 12.1 Å². The zero-order chi connectivity index (χ0) is 17.5. The maximum atomic E-state index is 10.7. The number of nitro benzene ring substituents is 1. The molecule has 0 bridgehead atoms. The van der Waals surface area contributed by atoms with Crippen LogP contribution < -0.4 is 10.2 Å². The number of nitrogens with zero attached hydrogens (tertiary/aromatic N) is 2. The van der Waals surface area contributed by atoms with Crippen LogP contribution in [0.15, 0.2) is 90.0 Å². The second-order valence-electron chi connectivity index (χ2n) is 5.11. The third kappa shape index (κ3) is 4.42. The minimum absolute atomic E-state index is 0.0262. The standard InChI is InChI=1S/C19H15N3O3/c23-22(24)17-13-11-16(12-14-17)20-21-19(15-7-3-1-4-8-15)25-18-9-5-2-6-10-18/h1-14,20H/b21-19-. The Balaban J connectivity index is 1.83. The van der Waals surface area contributed by atoms with Gasteiger partial charge in [-0.15, -0.1) is 5.10 Å². The lowest BCUT2D eigenvalue weighted by Crippen LogP contribution is -2.12. The zero-order valence-electron chi connectivity index (χ0n) is 13.2. The second-order valence-corrected chi connectivity index (χ2v) is 5.11. The quantitative estimate of drug-likeness (QED) is 0.324. The van der Waals surface area contributed by atoms with Crippen LogP contribution in [0.3, 0.4) is 0 Å². The molecule has 0 atom stereocenters. The molecule has 0 aliphatic carbocycles. The molecule has 0 amide bonds. The largest absolute Gasteiger partial charge is 0.437 e. The molecule has 0 spiro atoms. The number of hydrogen-bond donors (Lipinski definition) is 1. The highest BCUT2D eigenvalue weighted by molar-refractivity contribution is 5.96. The Labute approximate surface area is 144 Å². The first-order chi connectivity index (χ1) is 12.2. The molecular formula is C19H15N3O3. The van der Waals surface area contributed by atoms with Gasteiger partial charge in [0.25, 0.3) is 5.69 Å². The molecule has 0 unspecified atom stereocenters. The highest BCUT2D eigenvalue weighted by Gasteiger charge is 2.07. The van der Waals surface area contributed by atoms with Gasteiger partial charge in [0.1, 0.15) is 5.75 Å². The molecule has 0 aliphatic rings. The van der Waals surface area contributed by atoms with Crippen molar-refractivity contribution in [2.45, 2.75) is 0 Å². The average Bonchev–Trinajstić information content (AvgIpc) is 2.67. The Morgan fingerprint density at radius 1 is 0.880 bits per heavy atom. The summed E-state index contributed by atoms with van der Waals surface area (Å²) in [6.45, 7) is 0. The van der Waals surface area contributed by atoms with Crippen LogP contribution in [0.2, 0.25) is 0 Å². The summed E-state index contributed by atoms with van der Waals surface area (Å²) in [5.74, 6) is 1.06. The van der Waals surface area contributed by atoms with Crippen molar-refractivity contribution in [3.8, 4) is 5.75 Å². The lowest BCUT2D eigenvalue weighted by atomic mass is 10.2. The molecule has 6 heteroatoms. The Kier molecular flexibility index (Phi) is 5.01. The molecule has 0 fully saturated rings. The van der Waals surface area contributed by atoms with Crippen molar-refractivity contribution in [3.63, 3.8) is 0 Å². The van der Waals surface area contributed by atoms with Crippen LogP contribution in [-0.2, 0) is 0 Å². The molecule has 0 aliphatic heterocycles. The van der Waals surface area contributed by atoms with Crippen molar-refractivity contribution >= 4 is 17.3 Å². The van der Waals surface area contributed by atoms with Crippen molar-refractivity contribution < 1.29 is 9.66 Å². The fourth-order valence-electron chi connectivity index (χ4n) is 2.10. The first-order valence-electron chi connectivity index (χ1n) is 7.59. The smallest absolute Gasteiger partial charge is 0.269 e. The highest BCUT2D eigenvalue weighted by atomic mass is 16.6. The molecule has 0 radical (unpaired) electrons. The maximum Gasteiger partial charge on any atom is 0.269 e. The van der Waals surface area contributed by atoms with E-state index < -0.39 is 4.92 Å². The van der Waals surface area contributed by atoms with E-state index >= 15 is 0 Å². The number of rotatable bonds is 5. The monoisotopic (exact) mass is 333 g/mol. The molecule has 3 aromatic carbocycles. The molecule has 3 rings (SSSR count). The van der Waals surface area contributed by atoms with Crippen LogP contribution in [-0.4, -0.2) is 10.8 Å². The van der Waals surface area contributed by atoms with Crippen LogP contribution >= 0.6 is 0 Å². The third-order valence-corrected chi connectivity index (χ3v) is 3.34. The lowest BCUT2D eigenvalue weighted by Gasteiger charge is -2.10. The first kappa shape index (κ1) is 16.2. The van der Waals surface area contributed by atoms with E-state index in [9.17, 15) is 10.1 Å². The number of non-ortho nitro benzene ring substituents is 1. The molecule has 1 N–H and O–H groups in total. The molecular weight excluding hydrogens is 318 g/mol. The fraction of sp³-hybridized carbons (Fsp3) is 0. The van der Waals surface area contributed by atoms with Crippen LogP contribution in [0.25, 0.3) is 0 Å². The van der Waals surface area contributed by atoms with Gasteiger partial charge in [0, 0.05) is 17.7 Å². The predicted molar refractivity (Wildman–Crippen MR) is 96.8 cm³/mol. The third-order valence-electron chi connectivity index (χ3n) is 3.34. The van der Waals surface area contributed by atoms with Gasteiger partial charge in [0.2, 0.25) is 5.90 Å². The number of nitrogens with one attached hydrogen (secondary N) is 1. The zero-order valence-corrected chi connectivity index (χ0v) is 13.2. The summed E-state index contributed by atoms with van der Waals surface area (Å²) >= 11 is 0. The van der Waals surface area contributed by atoms with Gasteiger partial charge >= 0.3 is 0 Å².